The first-order chi connectivity index (χ1) is 8.29. The van der Waals surface area contributed by atoms with E-state index in [0.29, 0.717) is 18.9 Å². The zero-order valence-electron chi connectivity index (χ0n) is 9.55. The number of esters is 1. The van der Waals surface area contributed by atoms with Gasteiger partial charge in [-0.3, -0.25) is 0 Å². The van der Waals surface area contributed by atoms with Crippen LogP contribution in [0.3, 0.4) is 0 Å². The van der Waals surface area contributed by atoms with Crippen LogP contribution in [0.4, 0.5) is 0 Å². The van der Waals surface area contributed by atoms with Crippen LogP contribution in [0.1, 0.15) is 28.9 Å². The van der Waals surface area contributed by atoms with E-state index in [-0.39, 0.29) is 5.76 Å². The van der Waals surface area contributed by atoms with Crippen LogP contribution in [0.2, 0.25) is 0 Å². The fourth-order valence-corrected chi connectivity index (χ4v) is 1.46. The van der Waals surface area contributed by atoms with Crippen molar-refractivity contribution in [2.45, 2.75) is 13.3 Å². The number of hydrogen-bond acceptors (Lipinski definition) is 4. The quantitative estimate of drug-likeness (QED) is 0.758. The lowest BCUT2D eigenvalue weighted by molar-refractivity contribution is 0.0488. The Morgan fingerprint density at radius 2 is 2.12 bits per heavy atom. The molecule has 1 aromatic carbocycles. The van der Waals surface area contributed by atoms with E-state index < -0.39 is 5.97 Å². The van der Waals surface area contributed by atoms with Gasteiger partial charge in [0, 0.05) is 6.42 Å². The predicted octanol–water partition coefficient (Wildman–Crippen LogP) is 2.44. The number of hydrogen-bond donors (Lipinski definition) is 0. The maximum atomic E-state index is 11.4. The lowest BCUT2D eigenvalue weighted by Gasteiger charge is -1.97. The first-order valence-electron chi connectivity index (χ1n) is 5.45. The van der Waals surface area contributed by atoms with Gasteiger partial charge in [-0.25, -0.2) is 9.78 Å². The molecule has 0 N–H and O–H groups in total. The number of rotatable bonds is 4. The van der Waals surface area contributed by atoms with Crippen molar-refractivity contribution in [3.8, 4) is 0 Å². The Morgan fingerprint density at radius 1 is 1.35 bits per heavy atom. The predicted molar refractivity (Wildman–Crippen MR) is 61.7 cm³/mol. The fourth-order valence-electron chi connectivity index (χ4n) is 1.46. The molecule has 17 heavy (non-hydrogen) atoms. The van der Waals surface area contributed by atoms with Gasteiger partial charge >= 0.3 is 5.97 Å². The van der Waals surface area contributed by atoms with Gasteiger partial charge in [0.1, 0.15) is 0 Å². The average molecular weight is 231 g/mol. The van der Waals surface area contributed by atoms with Crippen LogP contribution < -0.4 is 0 Å². The van der Waals surface area contributed by atoms with E-state index in [9.17, 15) is 4.79 Å². The minimum Gasteiger partial charge on any atom is -0.460 e. The highest BCUT2D eigenvalue weighted by Crippen LogP contribution is 2.10. The first-order valence-corrected chi connectivity index (χ1v) is 5.45. The summed E-state index contributed by atoms with van der Waals surface area (Å²) in [5.41, 5.74) is 1.09. The van der Waals surface area contributed by atoms with Gasteiger partial charge in [-0.15, -0.1) is 0 Å². The molecule has 0 saturated carbocycles. The third-order valence-corrected chi connectivity index (χ3v) is 2.23. The summed E-state index contributed by atoms with van der Waals surface area (Å²) in [5.74, 6) is 0.191. The smallest absolute Gasteiger partial charge is 0.375 e. The molecule has 0 bridgehead atoms. The summed E-state index contributed by atoms with van der Waals surface area (Å²) < 4.78 is 10.1. The van der Waals surface area contributed by atoms with E-state index in [1.165, 1.54) is 6.20 Å². The summed E-state index contributed by atoms with van der Waals surface area (Å²) in [6.45, 7) is 2.08. The fraction of sp³-hybridized carbons (Fsp3) is 0.231. The van der Waals surface area contributed by atoms with Gasteiger partial charge in [0.15, 0.2) is 5.89 Å². The summed E-state index contributed by atoms with van der Waals surface area (Å²) in [6, 6.07) is 9.81. The average Bonchev–Trinajstić information content (AvgIpc) is 2.79. The topological polar surface area (TPSA) is 52.3 Å². The summed E-state index contributed by atoms with van der Waals surface area (Å²) in [5, 5.41) is 0. The van der Waals surface area contributed by atoms with Gasteiger partial charge in [0.2, 0.25) is 5.76 Å². The maximum absolute atomic E-state index is 11.4. The van der Waals surface area contributed by atoms with Gasteiger partial charge in [0.05, 0.1) is 12.8 Å². The van der Waals surface area contributed by atoms with Crippen molar-refractivity contribution >= 4 is 5.97 Å². The molecular weight excluding hydrogens is 218 g/mol. The molecular formula is C13H13NO3. The Hall–Kier alpha value is -2.10. The Bertz CT molecular complexity index is 490. The number of nitrogens with zero attached hydrogens (tertiary/aromatic N) is 1. The van der Waals surface area contributed by atoms with E-state index in [4.69, 9.17) is 9.15 Å². The monoisotopic (exact) mass is 231 g/mol. The molecule has 0 radical (unpaired) electrons. The number of carbonyl (C=O) groups is 1. The van der Waals surface area contributed by atoms with Crippen LogP contribution in [-0.2, 0) is 11.2 Å². The molecule has 0 spiro atoms. The van der Waals surface area contributed by atoms with Crippen LogP contribution in [0, 0.1) is 0 Å². The summed E-state index contributed by atoms with van der Waals surface area (Å²) in [7, 11) is 0. The van der Waals surface area contributed by atoms with Gasteiger partial charge < -0.3 is 9.15 Å². The molecule has 2 rings (SSSR count). The van der Waals surface area contributed by atoms with Gasteiger partial charge in [-0.1, -0.05) is 30.3 Å². The van der Waals surface area contributed by atoms with Crippen molar-refractivity contribution in [2.24, 2.45) is 0 Å². The molecule has 0 aliphatic rings. The van der Waals surface area contributed by atoms with Crippen molar-refractivity contribution in [1.29, 1.82) is 0 Å². The van der Waals surface area contributed by atoms with Crippen molar-refractivity contribution < 1.29 is 13.9 Å². The normalized spacial score (nSPS) is 10.2. The zero-order valence-corrected chi connectivity index (χ0v) is 9.55. The molecule has 88 valence electrons. The number of oxazole rings is 1. The number of benzene rings is 1. The second kappa shape index (κ2) is 5.30. The van der Waals surface area contributed by atoms with Crippen LogP contribution in [0.15, 0.2) is 40.9 Å². The van der Waals surface area contributed by atoms with E-state index in [2.05, 4.69) is 4.98 Å². The van der Waals surface area contributed by atoms with Crippen LogP contribution in [-0.4, -0.2) is 17.6 Å². The van der Waals surface area contributed by atoms with Crippen molar-refractivity contribution in [2.75, 3.05) is 6.61 Å². The van der Waals surface area contributed by atoms with Gasteiger partial charge in [0.25, 0.3) is 0 Å². The maximum Gasteiger partial charge on any atom is 0.375 e. The van der Waals surface area contributed by atoms with Crippen molar-refractivity contribution in [3.63, 3.8) is 0 Å². The van der Waals surface area contributed by atoms with Crippen LogP contribution in [0.5, 0.6) is 0 Å². The number of aromatic nitrogens is 1. The molecule has 0 unspecified atom stereocenters. The summed E-state index contributed by atoms with van der Waals surface area (Å²) in [4.78, 5) is 15.4. The molecule has 1 aromatic heterocycles. The zero-order chi connectivity index (χ0) is 12.1. The molecule has 0 aliphatic carbocycles. The van der Waals surface area contributed by atoms with E-state index in [1.807, 2.05) is 30.3 Å². The molecule has 1 heterocycles. The second-order valence-electron chi connectivity index (χ2n) is 3.50. The molecule has 4 nitrogen and oxygen atoms in total. The standard InChI is InChI=1S/C13H13NO3/c1-2-16-13(15)11-9-14-12(17-11)8-10-6-4-3-5-7-10/h3-7,9H,2,8H2,1H3. The minimum atomic E-state index is -0.473. The highest BCUT2D eigenvalue weighted by molar-refractivity contribution is 5.85. The molecule has 0 fully saturated rings. The highest BCUT2D eigenvalue weighted by atomic mass is 16.5. The Kier molecular flexibility index (Phi) is 3.55. The minimum absolute atomic E-state index is 0.151. The molecule has 2 aromatic rings. The Morgan fingerprint density at radius 3 is 2.82 bits per heavy atom. The van der Waals surface area contributed by atoms with Crippen LogP contribution >= 0.6 is 0 Å². The van der Waals surface area contributed by atoms with Crippen molar-refractivity contribution in [3.05, 3.63) is 53.7 Å². The molecule has 0 saturated heterocycles. The lowest BCUT2D eigenvalue weighted by Crippen LogP contribution is -2.02. The lowest BCUT2D eigenvalue weighted by atomic mass is 10.2. The van der Waals surface area contributed by atoms with Crippen LogP contribution in [0.25, 0.3) is 0 Å². The third-order valence-electron chi connectivity index (χ3n) is 2.23. The Labute approximate surface area is 99.2 Å². The summed E-state index contributed by atoms with van der Waals surface area (Å²) >= 11 is 0. The SMILES string of the molecule is CCOC(=O)c1cnc(Cc2ccccc2)o1. The van der Waals surface area contributed by atoms with E-state index >= 15 is 0 Å². The van der Waals surface area contributed by atoms with E-state index in [1.54, 1.807) is 6.92 Å². The molecule has 0 amide bonds. The second-order valence-corrected chi connectivity index (χ2v) is 3.50. The first kappa shape index (κ1) is 11.4. The van der Waals surface area contributed by atoms with Gasteiger partial charge in [-0.05, 0) is 12.5 Å². The third kappa shape index (κ3) is 2.93. The Balaban J connectivity index is 2.06. The largest absolute Gasteiger partial charge is 0.460 e. The number of carbonyl (C=O) groups excluding carboxylic acids is 1. The molecule has 0 atom stereocenters. The number of ether oxygens (including phenoxy) is 1. The molecule has 0 aliphatic heterocycles. The highest BCUT2D eigenvalue weighted by Gasteiger charge is 2.13. The van der Waals surface area contributed by atoms with Crippen molar-refractivity contribution in [1.82, 2.24) is 4.98 Å². The van der Waals surface area contributed by atoms with E-state index in [0.717, 1.165) is 5.56 Å². The van der Waals surface area contributed by atoms with Gasteiger partial charge in [-0.2, -0.15) is 0 Å². The summed E-state index contributed by atoms with van der Waals surface area (Å²) in [6.07, 6.45) is 1.97. The molecule has 4 heteroatoms.